The Labute approximate surface area is 139 Å². The molecule has 0 aliphatic rings. The maximum Gasteiger partial charge on any atom is 0.277 e. The van der Waals surface area contributed by atoms with Crippen LogP contribution in [0.1, 0.15) is 16.1 Å². The van der Waals surface area contributed by atoms with Crippen LogP contribution in [-0.4, -0.2) is 20.8 Å². The maximum atomic E-state index is 12.5. The third-order valence-corrected chi connectivity index (χ3v) is 3.73. The fourth-order valence-corrected chi connectivity index (χ4v) is 2.47. The molecule has 24 heavy (non-hydrogen) atoms. The van der Waals surface area contributed by atoms with Crippen LogP contribution in [0.25, 0.3) is 11.3 Å². The van der Waals surface area contributed by atoms with Gasteiger partial charge in [0.2, 0.25) is 0 Å². The molecule has 0 bridgehead atoms. The summed E-state index contributed by atoms with van der Waals surface area (Å²) in [5.41, 5.74) is 8.39. The molecule has 0 spiro atoms. The Balaban J connectivity index is 1.88. The van der Waals surface area contributed by atoms with Crippen LogP contribution in [0.4, 0.5) is 5.69 Å². The van der Waals surface area contributed by atoms with Gasteiger partial charge in [-0.3, -0.25) is 9.48 Å². The van der Waals surface area contributed by atoms with Crippen LogP contribution in [0.2, 0.25) is 0 Å². The van der Waals surface area contributed by atoms with Crippen molar-refractivity contribution < 1.29 is 9.90 Å². The van der Waals surface area contributed by atoms with Crippen LogP contribution in [-0.2, 0) is 13.6 Å². The van der Waals surface area contributed by atoms with Gasteiger partial charge in [0, 0.05) is 24.8 Å². The quantitative estimate of drug-likeness (QED) is 0.688. The Morgan fingerprint density at radius 2 is 1.83 bits per heavy atom. The van der Waals surface area contributed by atoms with Crippen molar-refractivity contribution in [3.8, 4) is 17.0 Å². The molecule has 0 atom stereocenters. The second-order valence-corrected chi connectivity index (χ2v) is 5.39. The molecule has 1 heterocycles. The minimum Gasteiger partial charge on any atom is -0.504 e. The molecule has 3 rings (SSSR count). The largest absolute Gasteiger partial charge is 0.504 e. The molecule has 4 N–H and O–H groups in total. The van der Waals surface area contributed by atoms with E-state index in [0.717, 1.165) is 11.1 Å². The molecule has 2 aromatic carbocycles. The molecule has 0 aliphatic heterocycles. The summed E-state index contributed by atoms with van der Waals surface area (Å²) in [6.45, 7) is 0.442. The van der Waals surface area contributed by atoms with Crippen LogP contribution in [0, 0.1) is 0 Å². The van der Waals surface area contributed by atoms with E-state index in [-0.39, 0.29) is 11.4 Å². The fraction of sp³-hybridized carbons (Fsp3) is 0.111. The van der Waals surface area contributed by atoms with Crippen molar-refractivity contribution in [1.29, 1.82) is 0 Å². The minimum atomic E-state index is -0.426. The average Bonchev–Trinajstić information content (AvgIpc) is 2.91. The number of amides is 1. The first-order valence-electron chi connectivity index (χ1n) is 7.52. The highest BCUT2D eigenvalue weighted by Gasteiger charge is 2.22. The van der Waals surface area contributed by atoms with Gasteiger partial charge >= 0.3 is 0 Å². The molecule has 6 nitrogen and oxygen atoms in total. The molecule has 0 aliphatic carbocycles. The SMILES string of the molecule is Cn1nc(-c2ccccc2)c(O)c1C(=O)Nc1ccc(CN)cc1. The number of hydrogen-bond donors (Lipinski definition) is 3. The van der Waals surface area contributed by atoms with Gasteiger partial charge in [-0.05, 0) is 17.7 Å². The monoisotopic (exact) mass is 322 g/mol. The van der Waals surface area contributed by atoms with E-state index in [9.17, 15) is 9.90 Å². The highest BCUT2D eigenvalue weighted by atomic mass is 16.3. The number of benzene rings is 2. The lowest BCUT2D eigenvalue weighted by molar-refractivity contribution is 0.101. The Bertz CT molecular complexity index is 855. The lowest BCUT2D eigenvalue weighted by Gasteiger charge is -2.06. The van der Waals surface area contributed by atoms with Crippen molar-refractivity contribution in [3.63, 3.8) is 0 Å². The molecule has 0 fully saturated rings. The Hall–Kier alpha value is -3.12. The number of aromatic hydroxyl groups is 1. The van der Waals surface area contributed by atoms with Gasteiger partial charge in [0.15, 0.2) is 11.4 Å². The van der Waals surface area contributed by atoms with Gasteiger partial charge in [-0.1, -0.05) is 42.5 Å². The van der Waals surface area contributed by atoms with E-state index in [4.69, 9.17) is 5.73 Å². The topological polar surface area (TPSA) is 93.2 Å². The lowest BCUT2D eigenvalue weighted by atomic mass is 10.1. The van der Waals surface area contributed by atoms with E-state index in [1.54, 1.807) is 19.2 Å². The predicted octanol–water partition coefficient (Wildman–Crippen LogP) is 2.50. The van der Waals surface area contributed by atoms with E-state index in [1.165, 1.54) is 4.68 Å². The standard InChI is InChI=1S/C18H18N4O2/c1-22-16(17(23)15(21-22)13-5-3-2-4-6-13)18(24)20-14-9-7-12(11-19)8-10-14/h2-10,23H,11,19H2,1H3,(H,20,24). The van der Waals surface area contributed by atoms with Gasteiger partial charge < -0.3 is 16.2 Å². The fourth-order valence-electron chi connectivity index (χ4n) is 2.47. The molecule has 122 valence electrons. The third-order valence-electron chi connectivity index (χ3n) is 3.73. The summed E-state index contributed by atoms with van der Waals surface area (Å²) in [5, 5.41) is 17.4. The van der Waals surface area contributed by atoms with E-state index in [2.05, 4.69) is 10.4 Å². The van der Waals surface area contributed by atoms with Crippen LogP contribution in [0.3, 0.4) is 0 Å². The third kappa shape index (κ3) is 3.00. The van der Waals surface area contributed by atoms with E-state index >= 15 is 0 Å². The summed E-state index contributed by atoms with van der Waals surface area (Å²) < 4.78 is 1.38. The summed E-state index contributed by atoms with van der Waals surface area (Å²) in [6.07, 6.45) is 0. The molecule has 0 saturated heterocycles. The number of nitrogens with one attached hydrogen (secondary N) is 1. The maximum absolute atomic E-state index is 12.5. The average molecular weight is 322 g/mol. The number of nitrogens with zero attached hydrogens (tertiary/aromatic N) is 2. The number of anilines is 1. The van der Waals surface area contributed by atoms with Crippen molar-refractivity contribution in [2.75, 3.05) is 5.32 Å². The molecule has 1 aromatic heterocycles. The normalized spacial score (nSPS) is 10.6. The van der Waals surface area contributed by atoms with Gasteiger partial charge in [0.25, 0.3) is 5.91 Å². The zero-order chi connectivity index (χ0) is 17.1. The molecule has 0 saturated carbocycles. The van der Waals surface area contributed by atoms with Crippen molar-refractivity contribution in [1.82, 2.24) is 9.78 Å². The Morgan fingerprint density at radius 3 is 2.46 bits per heavy atom. The number of carbonyl (C=O) groups excluding carboxylic acids is 1. The number of hydrogen-bond acceptors (Lipinski definition) is 4. The molecule has 1 amide bonds. The van der Waals surface area contributed by atoms with Crippen molar-refractivity contribution >= 4 is 11.6 Å². The van der Waals surface area contributed by atoms with E-state index in [0.29, 0.717) is 17.9 Å². The first-order chi connectivity index (χ1) is 11.6. The van der Waals surface area contributed by atoms with Crippen LogP contribution < -0.4 is 11.1 Å². The van der Waals surface area contributed by atoms with Crippen LogP contribution >= 0.6 is 0 Å². The predicted molar refractivity (Wildman–Crippen MR) is 92.6 cm³/mol. The summed E-state index contributed by atoms with van der Waals surface area (Å²) in [4.78, 5) is 12.5. The number of aromatic nitrogens is 2. The number of rotatable bonds is 4. The van der Waals surface area contributed by atoms with Crippen molar-refractivity contribution in [2.45, 2.75) is 6.54 Å². The number of aryl methyl sites for hydroxylation is 1. The van der Waals surface area contributed by atoms with Gasteiger partial charge in [-0.15, -0.1) is 0 Å². The van der Waals surface area contributed by atoms with Crippen LogP contribution in [0.5, 0.6) is 5.75 Å². The Kier molecular flexibility index (Phi) is 4.31. The van der Waals surface area contributed by atoms with E-state index < -0.39 is 5.91 Å². The van der Waals surface area contributed by atoms with Crippen LogP contribution in [0.15, 0.2) is 54.6 Å². The molecule has 0 unspecified atom stereocenters. The van der Waals surface area contributed by atoms with Gasteiger partial charge in [-0.2, -0.15) is 5.10 Å². The molecule has 0 radical (unpaired) electrons. The first kappa shape index (κ1) is 15.8. The summed E-state index contributed by atoms with van der Waals surface area (Å²) in [5.74, 6) is -0.565. The number of nitrogens with two attached hydrogens (primary N) is 1. The zero-order valence-electron chi connectivity index (χ0n) is 13.2. The van der Waals surface area contributed by atoms with Gasteiger partial charge in [-0.25, -0.2) is 0 Å². The van der Waals surface area contributed by atoms with E-state index in [1.807, 2.05) is 42.5 Å². The highest BCUT2D eigenvalue weighted by Crippen LogP contribution is 2.31. The Morgan fingerprint density at radius 1 is 1.17 bits per heavy atom. The molecular weight excluding hydrogens is 304 g/mol. The highest BCUT2D eigenvalue weighted by molar-refractivity contribution is 6.06. The zero-order valence-corrected chi connectivity index (χ0v) is 13.2. The summed E-state index contributed by atoms with van der Waals surface area (Å²) in [6, 6.07) is 16.5. The number of carbonyl (C=O) groups is 1. The molecule has 6 heteroatoms. The minimum absolute atomic E-state index is 0.108. The van der Waals surface area contributed by atoms with Gasteiger partial charge in [0.1, 0.15) is 5.69 Å². The summed E-state index contributed by atoms with van der Waals surface area (Å²) >= 11 is 0. The second kappa shape index (κ2) is 6.55. The summed E-state index contributed by atoms with van der Waals surface area (Å²) in [7, 11) is 1.62. The smallest absolute Gasteiger partial charge is 0.277 e. The first-order valence-corrected chi connectivity index (χ1v) is 7.52. The van der Waals surface area contributed by atoms with Crippen molar-refractivity contribution in [2.24, 2.45) is 12.8 Å². The van der Waals surface area contributed by atoms with Crippen molar-refractivity contribution in [3.05, 3.63) is 65.9 Å². The molecular formula is C18H18N4O2. The lowest BCUT2D eigenvalue weighted by Crippen LogP contribution is -2.16. The van der Waals surface area contributed by atoms with Gasteiger partial charge in [0.05, 0.1) is 0 Å². The molecule has 3 aromatic rings. The second-order valence-electron chi connectivity index (χ2n) is 5.39.